The molecule has 2 aromatic rings. The molecule has 2 aliphatic rings. The molecule has 21 heavy (non-hydrogen) atoms. The van der Waals surface area contributed by atoms with Crippen LogP contribution in [-0.4, -0.2) is 17.4 Å². The number of amides is 1. The van der Waals surface area contributed by atoms with Crippen LogP contribution in [0.25, 0.3) is 0 Å². The van der Waals surface area contributed by atoms with Gasteiger partial charge in [-0.15, -0.1) is 0 Å². The Labute approximate surface area is 122 Å². The second-order valence-corrected chi connectivity index (χ2v) is 5.72. The lowest BCUT2D eigenvalue weighted by atomic mass is 9.97. The Balaban J connectivity index is 1.75. The van der Waals surface area contributed by atoms with Gasteiger partial charge in [-0.3, -0.25) is 9.78 Å². The van der Waals surface area contributed by atoms with Gasteiger partial charge in [0.05, 0.1) is 11.9 Å². The summed E-state index contributed by atoms with van der Waals surface area (Å²) in [6, 6.07) is 6.42. The fourth-order valence-corrected chi connectivity index (χ4v) is 3.05. The Morgan fingerprint density at radius 1 is 1.24 bits per heavy atom. The van der Waals surface area contributed by atoms with Crippen molar-refractivity contribution in [3.63, 3.8) is 0 Å². The molecule has 0 atom stereocenters. The predicted octanol–water partition coefficient (Wildman–Crippen LogP) is 3.30. The van der Waals surface area contributed by atoms with Gasteiger partial charge in [-0.05, 0) is 60.6 Å². The fourth-order valence-electron chi connectivity index (χ4n) is 3.05. The zero-order valence-electron chi connectivity index (χ0n) is 11.6. The lowest BCUT2D eigenvalue weighted by Crippen LogP contribution is -2.38. The molecule has 2 heterocycles. The van der Waals surface area contributed by atoms with Crippen molar-refractivity contribution in [1.82, 2.24) is 4.98 Å². The van der Waals surface area contributed by atoms with Crippen LogP contribution in [0.2, 0.25) is 0 Å². The number of aromatic nitrogens is 1. The summed E-state index contributed by atoms with van der Waals surface area (Å²) in [5, 5.41) is 0. The average Bonchev–Trinajstić information content (AvgIpc) is 3.32. The standard InChI is InChI=1S/C17H15FN2O/c18-13-3-4-15-12(9-13)6-8-20(17(15)21)16-10-19-7-5-14(16)11-1-2-11/h3-5,7,9-11H,1-2,6,8H2. The van der Waals surface area contributed by atoms with Crippen LogP contribution in [0.4, 0.5) is 10.1 Å². The number of halogens is 1. The monoisotopic (exact) mass is 282 g/mol. The van der Waals surface area contributed by atoms with Crippen molar-refractivity contribution in [3.05, 3.63) is 59.2 Å². The molecule has 1 aromatic heterocycles. The van der Waals surface area contributed by atoms with Crippen molar-refractivity contribution in [2.24, 2.45) is 0 Å². The van der Waals surface area contributed by atoms with Crippen molar-refractivity contribution in [1.29, 1.82) is 0 Å². The molecule has 4 rings (SSSR count). The van der Waals surface area contributed by atoms with Crippen LogP contribution in [0.1, 0.15) is 40.2 Å². The smallest absolute Gasteiger partial charge is 0.258 e. The molecule has 0 saturated heterocycles. The maximum Gasteiger partial charge on any atom is 0.258 e. The number of fused-ring (bicyclic) bond motifs is 1. The maximum absolute atomic E-state index is 13.3. The molecule has 4 heteroatoms. The number of hydrogen-bond donors (Lipinski definition) is 0. The van der Waals surface area contributed by atoms with Gasteiger partial charge in [0, 0.05) is 18.3 Å². The SMILES string of the molecule is O=C1c2ccc(F)cc2CCN1c1cnccc1C1CC1. The van der Waals surface area contributed by atoms with Crippen LogP contribution in [0, 0.1) is 5.82 Å². The van der Waals surface area contributed by atoms with E-state index in [4.69, 9.17) is 0 Å². The van der Waals surface area contributed by atoms with E-state index in [-0.39, 0.29) is 11.7 Å². The molecule has 0 spiro atoms. The fraction of sp³-hybridized carbons (Fsp3) is 0.294. The van der Waals surface area contributed by atoms with E-state index in [1.165, 1.54) is 30.5 Å². The number of carbonyl (C=O) groups is 1. The van der Waals surface area contributed by atoms with Gasteiger partial charge in [0.2, 0.25) is 0 Å². The zero-order valence-corrected chi connectivity index (χ0v) is 11.6. The summed E-state index contributed by atoms with van der Waals surface area (Å²) in [6.45, 7) is 0.584. The molecule has 106 valence electrons. The van der Waals surface area contributed by atoms with Crippen molar-refractivity contribution < 1.29 is 9.18 Å². The van der Waals surface area contributed by atoms with Crippen LogP contribution in [-0.2, 0) is 6.42 Å². The van der Waals surface area contributed by atoms with E-state index >= 15 is 0 Å². The number of benzene rings is 1. The first-order valence-electron chi connectivity index (χ1n) is 7.28. The number of pyridine rings is 1. The minimum Gasteiger partial charge on any atom is -0.306 e. The van der Waals surface area contributed by atoms with Crippen molar-refractivity contribution in [2.75, 3.05) is 11.4 Å². The van der Waals surface area contributed by atoms with Crippen LogP contribution in [0.3, 0.4) is 0 Å². The average molecular weight is 282 g/mol. The maximum atomic E-state index is 13.3. The van der Waals surface area contributed by atoms with Crippen LogP contribution >= 0.6 is 0 Å². The van der Waals surface area contributed by atoms with Crippen LogP contribution in [0.15, 0.2) is 36.7 Å². The van der Waals surface area contributed by atoms with Crippen molar-refractivity contribution in [2.45, 2.75) is 25.2 Å². The summed E-state index contributed by atoms with van der Waals surface area (Å²) < 4.78 is 13.3. The number of hydrogen-bond acceptors (Lipinski definition) is 2. The second kappa shape index (κ2) is 4.65. The minimum absolute atomic E-state index is 0.0499. The highest BCUT2D eigenvalue weighted by Crippen LogP contribution is 2.44. The van der Waals surface area contributed by atoms with Crippen LogP contribution in [0.5, 0.6) is 0 Å². The number of anilines is 1. The summed E-state index contributed by atoms with van der Waals surface area (Å²) in [4.78, 5) is 18.7. The lowest BCUT2D eigenvalue weighted by Gasteiger charge is -2.30. The summed E-state index contributed by atoms with van der Waals surface area (Å²) in [7, 11) is 0. The van der Waals surface area contributed by atoms with E-state index < -0.39 is 0 Å². The minimum atomic E-state index is -0.282. The lowest BCUT2D eigenvalue weighted by molar-refractivity contribution is 0.0980. The molecule has 0 radical (unpaired) electrons. The van der Waals surface area contributed by atoms with Gasteiger partial charge >= 0.3 is 0 Å². The molecule has 0 unspecified atom stereocenters. The first kappa shape index (κ1) is 12.5. The third-order valence-electron chi connectivity index (χ3n) is 4.29. The molecule has 1 aliphatic carbocycles. The third kappa shape index (κ3) is 2.11. The molecular weight excluding hydrogens is 267 g/mol. The van der Waals surface area contributed by atoms with Gasteiger partial charge in [-0.25, -0.2) is 4.39 Å². The molecule has 0 bridgehead atoms. The van der Waals surface area contributed by atoms with Gasteiger partial charge in [-0.1, -0.05) is 0 Å². The first-order chi connectivity index (χ1) is 10.2. The van der Waals surface area contributed by atoms with Gasteiger partial charge in [-0.2, -0.15) is 0 Å². The summed E-state index contributed by atoms with van der Waals surface area (Å²) >= 11 is 0. The highest BCUT2D eigenvalue weighted by Gasteiger charge is 2.32. The number of rotatable bonds is 2. The Bertz CT molecular complexity index is 724. The van der Waals surface area contributed by atoms with E-state index in [2.05, 4.69) is 4.98 Å². The van der Waals surface area contributed by atoms with Gasteiger partial charge in [0.1, 0.15) is 5.82 Å². The molecule has 1 saturated carbocycles. The molecule has 1 fully saturated rings. The van der Waals surface area contributed by atoms with E-state index in [0.29, 0.717) is 24.4 Å². The second-order valence-electron chi connectivity index (χ2n) is 5.72. The predicted molar refractivity (Wildman–Crippen MR) is 78.0 cm³/mol. The van der Waals surface area contributed by atoms with Crippen molar-refractivity contribution >= 4 is 11.6 Å². The van der Waals surface area contributed by atoms with Gasteiger partial charge in [0.25, 0.3) is 5.91 Å². The summed E-state index contributed by atoms with van der Waals surface area (Å²) in [5.74, 6) is 0.228. The highest BCUT2D eigenvalue weighted by molar-refractivity contribution is 6.08. The van der Waals surface area contributed by atoms with E-state index in [1.807, 2.05) is 6.07 Å². The topological polar surface area (TPSA) is 33.2 Å². The Morgan fingerprint density at radius 2 is 2.10 bits per heavy atom. The van der Waals surface area contributed by atoms with E-state index in [0.717, 1.165) is 11.3 Å². The molecular formula is C17H15FN2O. The van der Waals surface area contributed by atoms with Gasteiger partial charge < -0.3 is 4.90 Å². The summed E-state index contributed by atoms with van der Waals surface area (Å²) in [6.07, 6.45) is 6.61. The molecule has 1 amide bonds. The van der Waals surface area contributed by atoms with E-state index in [9.17, 15) is 9.18 Å². The normalized spacial score (nSPS) is 17.8. The van der Waals surface area contributed by atoms with Gasteiger partial charge in [0.15, 0.2) is 0 Å². The number of carbonyl (C=O) groups excluding carboxylic acids is 1. The molecule has 0 N–H and O–H groups in total. The highest BCUT2D eigenvalue weighted by atomic mass is 19.1. The molecule has 1 aliphatic heterocycles. The summed E-state index contributed by atoms with van der Waals surface area (Å²) in [5.41, 5.74) is 3.53. The van der Waals surface area contributed by atoms with Crippen LogP contribution < -0.4 is 4.90 Å². The zero-order chi connectivity index (χ0) is 14.4. The third-order valence-corrected chi connectivity index (χ3v) is 4.29. The van der Waals surface area contributed by atoms with E-state index in [1.54, 1.807) is 23.4 Å². The first-order valence-corrected chi connectivity index (χ1v) is 7.28. The van der Waals surface area contributed by atoms with Crippen molar-refractivity contribution in [3.8, 4) is 0 Å². The Hall–Kier alpha value is -2.23. The molecule has 3 nitrogen and oxygen atoms in total. The Kier molecular flexibility index (Phi) is 2.77. The molecule has 1 aromatic carbocycles. The largest absolute Gasteiger partial charge is 0.306 e. The number of nitrogens with zero attached hydrogens (tertiary/aromatic N) is 2. The quantitative estimate of drug-likeness (QED) is 0.846. The Morgan fingerprint density at radius 3 is 2.90 bits per heavy atom.